The van der Waals surface area contributed by atoms with Gasteiger partial charge in [0.2, 0.25) is 5.91 Å². The number of hydrogen-bond acceptors (Lipinski definition) is 3. The van der Waals surface area contributed by atoms with Crippen LogP contribution < -0.4 is 4.74 Å². The van der Waals surface area contributed by atoms with E-state index in [0.717, 1.165) is 19.3 Å². The highest BCUT2D eigenvalue weighted by Crippen LogP contribution is 2.40. The summed E-state index contributed by atoms with van der Waals surface area (Å²) in [6.45, 7) is 3.24. The predicted molar refractivity (Wildman–Crippen MR) is 96.7 cm³/mol. The number of carbonyl (C=O) groups is 2. The van der Waals surface area contributed by atoms with Crippen LogP contribution in [0, 0.1) is 5.41 Å². The minimum atomic E-state index is -2.92. The number of ether oxygens (including phenoxy) is 1. The third-order valence-corrected chi connectivity index (χ3v) is 5.52. The molecule has 0 radical (unpaired) electrons. The number of amides is 2. The predicted octanol–water partition coefficient (Wildman–Crippen LogP) is 3.32. The molecule has 2 aliphatic heterocycles. The average Bonchev–Trinajstić information content (AvgIpc) is 2.65. The molecule has 3 rings (SSSR count). The summed E-state index contributed by atoms with van der Waals surface area (Å²) >= 11 is 0. The molecule has 2 saturated heterocycles. The topological polar surface area (TPSA) is 49.9 Å². The SMILES string of the molecule is C=CCN1CC2(CCC1=O)CCN(C(=O)c1cccc(OC(F)F)c1)CC2. The van der Waals surface area contributed by atoms with Gasteiger partial charge in [0.05, 0.1) is 0 Å². The summed E-state index contributed by atoms with van der Waals surface area (Å²) in [4.78, 5) is 28.4. The summed E-state index contributed by atoms with van der Waals surface area (Å²) in [5.41, 5.74) is 0.394. The first-order valence-corrected chi connectivity index (χ1v) is 9.15. The van der Waals surface area contributed by atoms with Crippen molar-refractivity contribution in [3.63, 3.8) is 0 Å². The van der Waals surface area contributed by atoms with E-state index in [1.54, 1.807) is 17.0 Å². The van der Waals surface area contributed by atoms with Crippen molar-refractivity contribution in [2.45, 2.75) is 32.3 Å². The maximum Gasteiger partial charge on any atom is 0.387 e. The van der Waals surface area contributed by atoms with Crippen LogP contribution in [0.2, 0.25) is 0 Å². The fourth-order valence-corrected chi connectivity index (χ4v) is 4.00. The fraction of sp³-hybridized carbons (Fsp3) is 0.500. The molecular weight excluding hydrogens is 354 g/mol. The van der Waals surface area contributed by atoms with Gasteiger partial charge in [0.25, 0.3) is 5.91 Å². The van der Waals surface area contributed by atoms with Gasteiger partial charge in [0.1, 0.15) is 5.75 Å². The standard InChI is InChI=1S/C20H24F2N2O3/c1-2-10-24-14-20(7-6-17(24)25)8-11-23(12-9-20)18(26)15-4-3-5-16(13-15)27-19(21)22/h2-5,13,19H,1,6-12,14H2. The largest absolute Gasteiger partial charge is 0.435 e. The molecule has 1 spiro atoms. The smallest absolute Gasteiger partial charge is 0.387 e. The van der Waals surface area contributed by atoms with Crippen LogP contribution in [0.3, 0.4) is 0 Å². The Morgan fingerprint density at radius 3 is 2.70 bits per heavy atom. The zero-order valence-corrected chi connectivity index (χ0v) is 15.2. The second-order valence-electron chi connectivity index (χ2n) is 7.26. The van der Waals surface area contributed by atoms with E-state index in [1.807, 2.05) is 4.90 Å². The van der Waals surface area contributed by atoms with E-state index >= 15 is 0 Å². The zero-order valence-electron chi connectivity index (χ0n) is 15.2. The van der Waals surface area contributed by atoms with Gasteiger partial charge in [-0.3, -0.25) is 9.59 Å². The van der Waals surface area contributed by atoms with Gasteiger partial charge in [-0.2, -0.15) is 8.78 Å². The van der Waals surface area contributed by atoms with Crippen molar-refractivity contribution in [1.29, 1.82) is 0 Å². The lowest BCUT2D eigenvalue weighted by molar-refractivity contribution is -0.138. The first-order chi connectivity index (χ1) is 12.9. The number of hydrogen-bond donors (Lipinski definition) is 0. The molecule has 1 aromatic carbocycles. The molecule has 0 bridgehead atoms. The molecule has 2 heterocycles. The molecule has 2 fully saturated rings. The molecule has 146 valence electrons. The molecular formula is C20H24F2N2O3. The number of alkyl halides is 2. The Balaban J connectivity index is 1.63. The summed E-state index contributed by atoms with van der Waals surface area (Å²) in [5.74, 6) is -0.0375. The van der Waals surface area contributed by atoms with E-state index in [2.05, 4.69) is 11.3 Å². The molecule has 0 N–H and O–H groups in total. The molecule has 27 heavy (non-hydrogen) atoms. The number of nitrogens with zero attached hydrogens (tertiary/aromatic N) is 2. The van der Waals surface area contributed by atoms with Gasteiger partial charge in [-0.15, -0.1) is 6.58 Å². The summed E-state index contributed by atoms with van der Waals surface area (Å²) in [5, 5.41) is 0. The van der Waals surface area contributed by atoms with Crippen LogP contribution in [-0.4, -0.2) is 54.4 Å². The Morgan fingerprint density at radius 1 is 1.30 bits per heavy atom. The van der Waals surface area contributed by atoms with E-state index in [0.29, 0.717) is 38.2 Å². The summed E-state index contributed by atoms with van der Waals surface area (Å²) < 4.78 is 29.1. The zero-order chi connectivity index (χ0) is 19.4. The Bertz CT molecular complexity index is 715. The molecule has 1 aromatic rings. The number of piperidine rings is 2. The molecule has 2 aliphatic rings. The first-order valence-electron chi connectivity index (χ1n) is 9.15. The Morgan fingerprint density at radius 2 is 2.04 bits per heavy atom. The Hall–Kier alpha value is -2.44. The lowest BCUT2D eigenvalue weighted by Gasteiger charge is -2.47. The van der Waals surface area contributed by atoms with Crippen LogP contribution in [0.1, 0.15) is 36.0 Å². The Kier molecular flexibility index (Phi) is 5.77. The minimum absolute atomic E-state index is 0.0183. The molecule has 5 nitrogen and oxygen atoms in total. The van der Waals surface area contributed by atoms with Crippen molar-refractivity contribution in [2.24, 2.45) is 5.41 Å². The van der Waals surface area contributed by atoms with Gasteiger partial charge in [0, 0.05) is 38.2 Å². The molecule has 2 amide bonds. The lowest BCUT2D eigenvalue weighted by Crippen LogP contribution is -2.52. The monoisotopic (exact) mass is 378 g/mol. The van der Waals surface area contributed by atoms with E-state index in [4.69, 9.17) is 0 Å². The number of rotatable bonds is 5. The lowest BCUT2D eigenvalue weighted by atomic mass is 9.72. The molecule has 7 heteroatoms. The van der Waals surface area contributed by atoms with Gasteiger partial charge in [-0.25, -0.2) is 0 Å². The average molecular weight is 378 g/mol. The van der Waals surface area contributed by atoms with E-state index in [-0.39, 0.29) is 23.0 Å². The van der Waals surface area contributed by atoms with Gasteiger partial charge in [0.15, 0.2) is 0 Å². The highest BCUT2D eigenvalue weighted by molar-refractivity contribution is 5.94. The number of benzene rings is 1. The van der Waals surface area contributed by atoms with Crippen LogP contribution in [0.5, 0.6) is 5.75 Å². The quantitative estimate of drug-likeness (QED) is 0.739. The molecule has 0 aromatic heterocycles. The highest BCUT2D eigenvalue weighted by Gasteiger charge is 2.41. The van der Waals surface area contributed by atoms with Crippen LogP contribution in [0.4, 0.5) is 8.78 Å². The van der Waals surface area contributed by atoms with E-state index in [1.165, 1.54) is 18.2 Å². The van der Waals surface area contributed by atoms with Crippen LogP contribution >= 0.6 is 0 Å². The van der Waals surface area contributed by atoms with E-state index in [9.17, 15) is 18.4 Å². The second kappa shape index (κ2) is 8.06. The number of carbonyl (C=O) groups excluding carboxylic acids is 2. The minimum Gasteiger partial charge on any atom is -0.435 e. The van der Waals surface area contributed by atoms with Crippen molar-refractivity contribution in [3.05, 3.63) is 42.5 Å². The van der Waals surface area contributed by atoms with Crippen molar-refractivity contribution in [1.82, 2.24) is 9.80 Å². The molecule has 0 saturated carbocycles. The number of likely N-dealkylation sites (tertiary alicyclic amines) is 2. The van der Waals surface area contributed by atoms with Crippen molar-refractivity contribution < 1.29 is 23.1 Å². The third kappa shape index (κ3) is 4.46. The fourth-order valence-electron chi connectivity index (χ4n) is 4.00. The van der Waals surface area contributed by atoms with Crippen molar-refractivity contribution >= 4 is 11.8 Å². The van der Waals surface area contributed by atoms with Crippen molar-refractivity contribution in [2.75, 3.05) is 26.2 Å². The van der Waals surface area contributed by atoms with Gasteiger partial charge >= 0.3 is 6.61 Å². The van der Waals surface area contributed by atoms with Crippen LogP contribution in [0.15, 0.2) is 36.9 Å². The highest BCUT2D eigenvalue weighted by atomic mass is 19.3. The van der Waals surface area contributed by atoms with Crippen LogP contribution in [-0.2, 0) is 4.79 Å². The first kappa shape index (κ1) is 19.3. The van der Waals surface area contributed by atoms with Crippen LogP contribution in [0.25, 0.3) is 0 Å². The molecule has 0 aliphatic carbocycles. The summed E-state index contributed by atoms with van der Waals surface area (Å²) in [6, 6.07) is 5.90. The maximum absolute atomic E-state index is 12.7. The van der Waals surface area contributed by atoms with E-state index < -0.39 is 6.61 Å². The van der Waals surface area contributed by atoms with Crippen molar-refractivity contribution in [3.8, 4) is 5.75 Å². The van der Waals surface area contributed by atoms with Gasteiger partial charge < -0.3 is 14.5 Å². The molecule has 0 atom stereocenters. The van der Waals surface area contributed by atoms with Gasteiger partial charge in [-0.05, 0) is 42.9 Å². The van der Waals surface area contributed by atoms with Gasteiger partial charge in [-0.1, -0.05) is 12.1 Å². The normalized spacial score (nSPS) is 19.4. The molecule has 0 unspecified atom stereocenters. The summed E-state index contributed by atoms with van der Waals surface area (Å²) in [6.07, 6.45) is 4.78. The second-order valence-corrected chi connectivity index (χ2v) is 7.26. The third-order valence-electron chi connectivity index (χ3n) is 5.52. The maximum atomic E-state index is 12.7. The Labute approximate surface area is 157 Å². The summed E-state index contributed by atoms with van der Waals surface area (Å²) in [7, 11) is 0. The number of halogens is 2.